The van der Waals surface area contributed by atoms with Crippen LogP contribution in [0.25, 0.3) is 0 Å². The Labute approximate surface area is 164 Å². The second-order valence-electron chi connectivity index (χ2n) is 6.73. The van der Waals surface area contributed by atoms with Crippen molar-refractivity contribution >= 4 is 15.7 Å². The number of benzene rings is 2. The van der Waals surface area contributed by atoms with E-state index < -0.39 is 9.84 Å². The van der Waals surface area contributed by atoms with Gasteiger partial charge in [-0.05, 0) is 35.9 Å². The van der Waals surface area contributed by atoms with Crippen molar-refractivity contribution in [1.29, 1.82) is 0 Å². The molecule has 8 heteroatoms. The standard InChI is InChI=1S/C20H23FN2O4S/c1-28(25,26)18-4-2-3-16(13-18)20(24)22-14-19(23-9-11-27-12-10-23)15-5-7-17(21)8-6-15/h2-8,13,19H,9-12,14H2,1H3,(H,22,24). The minimum atomic E-state index is -3.39. The van der Waals surface area contributed by atoms with E-state index in [0.29, 0.717) is 32.8 Å². The van der Waals surface area contributed by atoms with Crippen LogP contribution in [0.15, 0.2) is 53.4 Å². The molecule has 150 valence electrons. The molecule has 0 spiro atoms. The predicted molar refractivity (Wildman–Crippen MR) is 103 cm³/mol. The van der Waals surface area contributed by atoms with Crippen LogP contribution in [0.4, 0.5) is 4.39 Å². The van der Waals surface area contributed by atoms with Crippen molar-refractivity contribution in [3.63, 3.8) is 0 Å². The zero-order chi connectivity index (χ0) is 20.1. The number of sulfone groups is 1. The van der Waals surface area contributed by atoms with E-state index in [9.17, 15) is 17.6 Å². The first-order chi connectivity index (χ1) is 13.3. The average Bonchev–Trinajstić information content (AvgIpc) is 2.69. The van der Waals surface area contributed by atoms with Crippen molar-refractivity contribution in [2.45, 2.75) is 10.9 Å². The molecule has 1 aliphatic rings. The van der Waals surface area contributed by atoms with Crippen LogP contribution in [0.5, 0.6) is 0 Å². The molecule has 2 aromatic rings. The van der Waals surface area contributed by atoms with Crippen LogP contribution in [0.2, 0.25) is 0 Å². The van der Waals surface area contributed by atoms with E-state index in [4.69, 9.17) is 4.74 Å². The van der Waals surface area contributed by atoms with Crippen molar-refractivity contribution in [2.75, 3.05) is 39.1 Å². The smallest absolute Gasteiger partial charge is 0.251 e. The largest absolute Gasteiger partial charge is 0.379 e. The summed E-state index contributed by atoms with van der Waals surface area (Å²) in [4.78, 5) is 14.9. The van der Waals surface area contributed by atoms with E-state index in [2.05, 4.69) is 10.2 Å². The highest BCUT2D eigenvalue weighted by molar-refractivity contribution is 7.90. The summed E-state index contributed by atoms with van der Waals surface area (Å²) in [7, 11) is -3.39. The summed E-state index contributed by atoms with van der Waals surface area (Å²) < 4.78 is 42.1. The fraction of sp³-hybridized carbons (Fsp3) is 0.350. The predicted octanol–water partition coefficient (Wildman–Crippen LogP) is 2.03. The van der Waals surface area contributed by atoms with Crippen LogP contribution in [0, 0.1) is 5.82 Å². The molecule has 1 fully saturated rings. The summed E-state index contributed by atoms with van der Waals surface area (Å²) >= 11 is 0. The Hall–Kier alpha value is -2.29. The summed E-state index contributed by atoms with van der Waals surface area (Å²) in [5.74, 6) is -0.669. The van der Waals surface area contributed by atoms with Crippen molar-refractivity contribution < 1.29 is 22.3 Å². The number of nitrogens with zero attached hydrogens (tertiary/aromatic N) is 1. The Morgan fingerprint density at radius 3 is 2.50 bits per heavy atom. The lowest BCUT2D eigenvalue weighted by atomic mass is 10.0. The summed E-state index contributed by atoms with van der Waals surface area (Å²) in [5.41, 5.74) is 1.18. The van der Waals surface area contributed by atoms with E-state index in [1.807, 2.05) is 0 Å². The van der Waals surface area contributed by atoms with Crippen molar-refractivity contribution in [3.8, 4) is 0 Å². The Balaban J connectivity index is 1.76. The van der Waals surface area contributed by atoms with Crippen LogP contribution in [-0.2, 0) is 14.6 Å². The molecule has 1 amide bonds. The van der Waals surface area contributed by atoms with Crippen LogP contribution in [-0.4, -0.2) is 58.3 Å². The number of ether oxygens (including phenoxy) is 1. The van der Waals surface area contributed by atoms with Gasteiger partial charge in [0.25, 0.3) is 5.91 Å². The van der Waals surface area contributed by atoms with Crippen LogP contribution in [0.1, 0.15) is 22.0 Å². The van der Waals surface area contributed by atoms with Gasteiger partial charge in [0.15, 0.2) is 9.84 Å². The van der Waals surface area contributed by atoms with Gasteiger partial charge < -0.3 is 10.1 Å². The summed E-state index contributed by atoms with van der Waals surface area (Å²) in [6, 6.07) is 12.0. The molecule has 1 N–H and O–H groups in total. The maximum Gasteiger partial charge on any atom is 0.251 e. The zero-order valence-corrected chi connectivity index (χ0v) is 16.4. The fourth-order valence-corrected chi connectivity index (χ4v) is 3.86. The highest BCUT2D eigenvalue weighted by Gasteiger charge is 2.23. The van der Waals surface area contributed by atoms with E-state index in [1.165, 1.54) is 24.3 Å². The van der Waals surface area contributed by atoms with E-state index in [1.54, 1.807) is 24.3 Å². The highest BCUT2D eigenvalue weighted by Crippen LogP contribution is 2.22. The number of hydrogen-bond acceptors (Lipinski definition) is 5. The van der Waals surface area contributed by atoms with Crippen LogP contribution < -0.4 is 5.32 Å². The minimum Gasteiger partial charge on any atom is -0.379 e. The van der Waals surface area contributed by atoms with Gasteiger partial charge >= 0.3 is 0 Å². The van der Waals surface area contributed by atoms with Gasteiger partial charge in [-0.25, -0.2) is 12.8 Å². The Morgan fingerprint density at radius 1 is 1.18 bits per heavy atom. The lowest BCUT2D eigenvalue weighted by Gasteiger charge is -2.35. The van der Waals surface area contributed by atoms with Crippen LogP contribution >= 0.6 is 0 Å². The first-order valence-corrected chi connectivity index (χ1v) is 10.9. The highest BCUT2D eigenvalue weighted by atomic mass is 32.2. The average molecular weight is 406 g/mol. The second kappa shape index (κ2) is 8.81. The van der Waals surface area contributed by atoms with Gasteiger partial charge in [-0.1, -0.05) is 18.2 Å². The first-order valence-electron chi connectivity index (χ1n) is 9.00. The van der Waals surface area contributed by atoms with Gasteiger partial charge in [0, 0.05) is 31.5 Å². The lowest BCUT2D eigenvalue weighted by Crippen LogP contribution is -2.43. The summed E-state index contributed by atoms with van der Waals surface area (Å²) in [5, 5.41) is 2.88. The normalized spacial score (nSPS) is 16.5. The number of carbonyl (C=O) groups excluding carboxylic acids is 1. The van der Waals surface area contributed by atoms with Crippen LogP contribution in [0.3, 0.4) is 0 Å². The third kappa shape index (κ3) is 5.15. The molecule has 0 saturated carbocycles. The molecule has 6 nitrogen and oxygen atoms in total. The molecule has 0 bridgehead atoms. The van der Waals surface area contributed by atoms with E-state index >= 15 is 0 Å². The topological polar surface area (TPSA) is 75.7 Å². The third-order valence-corrected chi connectivity index (χ3v) is 5.83. The molecule has 1 unspecified atom stereocenters. The molecule has 0 aliphatic carbocycles. The number of halogens is 1. The molecule has 28 heavy (non-hydrogen) atoms. The van der Waals surface area contributed by atoms with Gasteiger partial charge in [-0.2, -0.15) is 0 Å². The van der Waals surface area contributed by atoms with Gasteiger partial charge in [-0.15, -0.1) is 0 Å². The van der Waals surface area contributed by atoms with Gasteiger partial charge in [0.2, 0.25) is 0 Å². The number of nitrogens with one attached hydrogen (secondary N) is 1. The van der Waals surface area contributed by atoms with Gasteiger partial charge in [0.1, 0.15) is 5.82 Å². The summed E-state index contributed by atoms with van der Waals surface area (Å²) in [6.07, 6.45) is 1.10. The molecular weight excluding hydrogens is 383 g/mol. The van der Waals surface area contributed by atoms with Gasteiger partial charge in [0.05, 0.1) is 24.2 Å². The Kier molecular flexibility index (Phi) is 6.43. The van der Waals surface area contributed by atoms with Gasteiger partial charge in [-0.3, -0.25) is 9.69 Å². The molecule has 1 saturated heterocycles. The number of rotatable bonds is 6. The quantitative estimate of drug-likeness (QED) is 0.795. The molecule has 2 aromatic carbocycles. The molecule has 0 aromatic heterocycles. The molecule has 1 atom stereocenters. The third-order valence-electron chi connectivity index (χ3n) is 4.72. The minimum absolute atomic E-state index is 0.100. The van der Waals surface area contributed by atoms with Crippen molar-refractivity contribution in [2.24, 2.45) is 0 Å². The van der Waals surface area contributed by atoms with E-state index in [-0.39, 0.29) is 28.2 Å². The fourth-order valence-electron chi connectivity index (χ4n) is 3.19. The number of morpholine rings is 1. The number of carbonyl (C=O) groups is 1. The zero-order valence-electron chi connectivity index (χ0n) is 15.6. The van der Waals surface area contributed by atoms with E-state index in [0.717, 1.165) is 11.8 Å². The lowest BCUT2D eigenvalue weighted by molar-refractivity contribution is 0.0162. The molecule has 1 heterocycles. The maximum absolute atomic E-state index is 13.3. The van der Waals surface area contributed by atoms with Crippen molar-refractivity contribution in [1.82, 2.24) is 10.2 Å². The number of amides is 1. The summed E-state index contributed by atoms with van der Waals surface area (Å²) in [6.45, 7) is 2.93. The number of hydrogen-bond donors (Lipinski definition) is 1. The second-order valence-corrected chi connectivity index (χ2v) is 8.74. The molecule has 0 radical (unpaired) electrons. The maximum atomic E-state index is 13.3. The molecule has 1 aliphatic heterocycles. The monoisotopic (exact) mass is 406 g/mol. The van der Waals surface area contributed by atoms with Crippen molar-refractivity contribution in [3.05, 3.63) is 65.5 Å². The Morgan fingerprint density at radius 2 is 1.86 bits per heavy atom. The molecule has 3 rings (SSSR count). The Bertz CT molecular complexity index is 925. The first kappa shape index (κ1) is 20.4. The molecular formula is C20H23FN2O4S. The SMILES string of the molecule is CS(=O)(=O)c1cccc(C(=O)NCC(c2ccc(F)cc2)N2CCOCC2)c1.